The molecular formula is C29H58N2. The first-order valence-electron chi connectivity index (χ1n) is 14.0. The van der Waals surface area contributed by atoms with E-state index in [2.05, 4.69) is 79.9 Å². The summed E-state index contributed by atoms with van der Waals surface area (Å²) in [4.78, 5) is 0. The van der Waals surface area contributed by atoms with E-state index >= 15 is 0 Å². The first-order valence-corrected chi connectivity index (χ1v) is 14.0. The van der Waals surface area contributed by atoms with Crippen LogP contribution in [0.3, 0.4) is 0 Å². The normalized spacial score (nSPS) is 37.4. The molecule has 2 aliphatic carbocycles. The lowest BCUT2D eigenvalue weighted by atomic mass is 9.65. The summed E-state index contributed by atoms with van der Waals surface area (Å²) in [5.74, 6) is 8.22. The van der Waals surface area contributed by atoms with Crippen molar-refractivity contribution >= 4 is 0 Å². The van der Waals surface area contributed by atoms with Crippen LogP contribution in [0.4, 0.5) is 0 Å². The number of hydrogen-bond acceptors (Lipinski definition) is 2. The second-order valence-electron chi connectivity index (χ2n) is 13.1. The van der Waals surface area contributed by atoms with Gasteiger partial charge in [-0.15, -0.1) is 0 Å². The Morgan fingerprint density at radius 3 is 1.00 bits per heavy atom. The summed E-state index contributed by atoms with van der Waals surface area (Å²) >= 11 is 0. The molecule has 2 rings (SSSR count). The molecule has 2 heteroatoms. The molecule has 2 saturated carbocycles. The lowest BCUT2D eigenvalue weighted by Gasteiger charge is -2.46. The summed E-state index contributed by atoms with van der Waals surface area (Å²) in [5, 5.41) is 8.16. The second-order valence-corrected chi connectivity index (χ2v) is 13.1. The molecule has 0 amide bonds. The summed E-state index contributed by atoms with van der Waals surface area (Å²) in [7, 11) is 0. The number of nitrogens with one attached hydrogen (secondary N) is 2. The highest BCUT2D eigenvalue weighted by molar-refractivity contribution is 4.94. The van der Waals surface area contributed by atoms with Gasteiger partial charge >= 0.3 is 0 Å². The minimum Gasteiger partial charge on any atom is -0.313 e. The van der Waals surface area contributed by atoms with Crippen LogP contribution >= 0.6 is 0 Å². The van der Waals surface area contributed by atoms with E-state index in [1.807, 2.05) is 0 Å². The molecule has 31 heavy (non-hydrogen) atoms. The molecule has 184 valence electrons. The maximum Gasteiger partial charge on any atom is 0.0129 e. The van der Waals surface area contributed by atoms with E-state index in [0.717, 1.165) is 59.2 Å². The Morgan fingerprint density at radius 2 is 0.774 bits per heavy atom. The molecule has 2 N–H and O–H groups in total. The van der Waals surface area contributed by atoms with E-state index in [1.165, 1.54) is 45.2 Å². The quantitative estimate of drug-likeness (QED) is 0.354. The first kappa shape index (κ1) is 27.2. The molecule has 0 heterocycles. The van der Waals surface area contributed by atoms with E-state index in [-0.39, 0.29) is 0 Å². The summed E-state index contributed by atoms with van der Waals surface area (Å²) < 4.78 is 0. The van der Waals surface area contributed by atoms with Crippen molar-refractivity contribution in [2.45, 2.75) is 113 Å². The molecule has 0 radical (unpaired) electrons. The Hall–Kier alpha value is -0.0800. The van der Waals surface area contributed by atoms with Crippen LogP contribution in [0.1, 0.15) is 101 Å². The van der Waals surface area contributed by atoms with Crippen molar-refractivity contribution in [1.82, 2.24) is 10.6 Å². The van der Waals surface area contributed by atoms with Gasteiger partial charge in [0.25, 0.3) is 0 Å². The van der Waals surface area contributed by atoms with Crippen LogP contribution in [-0.4, -0.2) is 25.2 Å². The van der Waals surface area contributed by atoms with Crippen molar-refractivity contribution in [3.05, 3.63) is 0 Å². The van der Waals surface area contributed by atoms with Gasteiger partial charge in [0.1, 0.15) is 0 Å². The van der Waals surface area contributed by atoms with Gasteiger partial charge in [0, 0.05) is 12.1 Å². The third-order valence-electron chi connectivity index (χ3n) is 9.08. The predicted molar refractivity (Wildman–Crippen MR) is 138 cm³/mol. The lowest BCUT2D eigenvalue weighted by Crippen LogP contribution is -2.52. The predicted octanol–water partition coefficient (Wildman–Crippen LogP) is 7.24. The summed E-state index contributed by atoms with van der Waals surface area (Å²) in [6, 6.07) is 1.41. The fraction of sp³-hybridized carbons (Fsp3) is 1.00. The molecule has 2 nitrogen and oxygen atoms in total. The molecule has 2 fully saturated rings. The van der Waals surface area contributed by atoms with Gasteiger partial charge in [0.15, 0.2) is 0 Å². The van der Waals surface area contributed by atoms with Crippen molar-refractivity contribution < 1.29 is 0 Å². The van der Waals surface area contributed by atoms with Gasteiger partial charge < -0.3 is 10.6 Å². The van der Waals surface area contributed by atoms with Crippen molar-refractivity contribution in [2.75, 3.05) is 13.1 Å². The highest BCUT2D eigenvalue weighted by Gasteiger charge is 2.40. The van der Waals surface area contributed by atoms with Crippen LogP contribution in [0.2, 0.25) is 0 Å². The van der Waals surface area contributed by atoms with Gasteiger partial charge in [-0.3, -0.25) is 0 Å². The SMILES string of the molecule is CC1CC(C(C)C)C(NCCCNC2C(C(C)C)CC(C)CC2C(C)C)C(C(C)C)C1. The van der Waals surface area contributed by atoms with E-state index in [9.17, 15) is 0 Å². The summed E-state index contributed by atoms with van der Waals surface area (Å²) in [5.41, 5.74) is 0. The van der Waals surface area contributed by atoms with Gasteiger partial charge in [-0.1, -0.05) is 69.2 Å². The highest BCUT2D eigenvalue weighted by atomic mass is 15.0. The average Bonchev–Trinajstić information content (AvgIpc) is 2.67. The Labute approximate surface area is 196 Å². The molecule has 0 aliphatic heterocycles. The number of rotatable bonds is 10. The lowest BCUT2D eigenvalue weighted by molar-refractivity contribution is 0.0762. The topological polar surface area (TPSA) is 24.1 Å². The molecule has 0 aromatic carbocycles. The standard InChI is InChI=1S/C29H58N2/c1-18(2)24-14-22(9)15-25(19(3)4)28(24)30-12-11-13-31-29-26(20(5)6)16-23(10)17-27(29)21(7)8/h18-31H,11-17H2,1-10H3. The zero-order valence-corrected chi connectivity index (χ0v) is 22.9. The third kappa shape index (κ3) is 7.46. The molecule has 0 aromatic heterocycles. The maximum atomic E-state index is 4.08. The highest BCUT2D eigenvalue weighted by Crippen LogP contribution is 2.41. The number of hydrogen-bond donors (Lipinski definition) is 2. The van der Waals surface area contributed by atoms with Crippen LogP contribution in [0.25, 0.3) is 0 Å². The Bertz CT molecular complexity index is 417. The van der Waals surface area contributed by atoms with Crippen molar-refractivity contribution in [3.63, 3.8) is 0 Å². The maximum absolute atomic E-state index is 4.08. The smallest absolute Gasteiger partial charge is 0.0129 e. The third-order valence-corrected chi connectivity index (χ3v) is 9.08. The zero-order valence-electron chi connectivity index (χ0n) is 22.9. The van der Waals surface area contributed by atoms with E-state index in [1.54, 1.807) is 0 Å². The molecule has 2 aliphatic rings. The fourth-order valence-corrected chi connectivity index (χ4v) is 7.25. The minimum absolute atomic E-state index is 0.707. The minimum atomic E-state index is 0.707. The van der Waals surface area contributed by atoms with Crippen molar-refractivity contribution in [3.8, 4) is 0 Å². The summed E-state index contributed by atoms with van der Waals surface area (Å²) in [6.45, 7) is 26.8. The van der Waals surface area contributed by atoms with E-state index in [0.29, 0.717) is 12.1 Å². The van der Waals surface area contributed by atoms with Crippen molar-refractivity contribution in [2.24, 2.45) is 59.2 Å². The van der Waals surface area contributed by atoms with Crippen LogP contribution in [0.15, 0.2) is 0 Å². The van der Waals surface area contributed by atoms with Gasteiger partial charge in [0.2, 0.25) is 0 Å². The largest absolute Gasteiger partial charge is 0.313 e. The average molecular weight is 435 g/mol. The van der Waals surface area contributed by atoms with Gasteiger partial charge in [0.05, 0.1) is 0 Å². The van der Waals surface area contributed by atoms with Crippen LogP contribution < -0.4 is 10.6 Å². The van der Waals surface area contributed by atoms with Gasteiger partial charge in [-0.05, 0) is 104 Å². The van der Waals surface area contributed by atoms with E-state index in [4.69, 9.17) is 0 Å². The van der Waals surface area contributed by atoms with E-state index < -0.39 is 0 Å². The molecular weight excluding hydrogens is 376 g/mol. The van der Waals surface area contributed by atoms with Crippen LogP contribution in [0.5, 0.6) is 0 Å². The summed E-state index contributed by atoms with van der Waals surface area (Å²) in [6.07, 6.45) is 6.88. The first-order chi connectivity index (χ1) is 14.5. The Morgan fingerprint density at radius 1 is 0.516 bits per heavy atom. The fourth-order valence-electron chi connectivity index (χ4n) is 7.25. The van der Waals surface area contributed by atoms with Crippen molar-refractivity contribution in [1.29, 1.82) is 0 Å². The van der Waals surface area contributed by atoms with Gasteiger partial charge in [-0.2, -0.15) is 0 Å². The Kier molecular flexibility index (Phi) is 10.9. The second kappa shape index (κ2) is 12.4. The van der Waals surface area contributed by atoms with Gasteiger partial charge in [-0.25, -0.2) is 0 Å². The Balaban J connectivity index is 1.91. The molecule has 0 bridgehead atoms. The van der Waals surface area contributed by atoms with Crippen LogP contribution in [0, 0.1) is 59.2 Å². The molecule has 0 saturated heterocycles. The molecule has 0 aromatic rings. The zero-order chi connectivity index (χ0) is 23.3. The van der Waals surface area contributed by atoms with Crippen LogP contribution in [-0.2, 0) is 0 Å². The molecule has 0 spiro atoms. The molecule has 4 unspecified atom stereocenters. The molecule has 4 atom stereocenters. The monoisotopic (exact) mass is 434 g/mol.